The van der Waals surface area contributed by atoms with Gasteiger partial charge in [0, 0.05) is 18.0 Å². The normalized spacial score (nSPS) is 10.7. The molecule has 0 atom stereocenters. The van der Waals surface area contributed by atoms with E-state index in [1.54, 1.807) is 23.1 Å². The van der Waals surface area contributed by atoms with Gasteiger partial charge < -0.3 is 14.8 Å². The van der Waals surface area contributed by atoms with Gasteiger partial charge in [-0.1, -0.05) is 30.6 Å². The molecule has 0 bridgehead atoms. The topological polar surface area (TPSA) is 74.1 Å². The Labute approximate surface area is 157 Å². The fourth-order valence-corrected chi connectivity index (χ4v) is 3.07. The van der Waals surface area contributed by atoms with E-state index >= 15 is 0 Å². The van der Waals surface area contributed by atoms with Crippen molar-refractivity contribution in [2.45, 2.75) is 39.5 Å². The molecule has 0 saturated heterocycles. The van der Waals surface area contributed by atoms with Crippen LogP contribution in [0.4, 0.5) is 5.95 Å². The van der Waals surface area contributed by atoms with Crippen molar-refractivity contribution in [3.63, 3.8) is 0 Å². The highest BCUT2D eigenvalue weighted by Gasteiger charge is 2.09. The summed E-state index contributed by atoms with van der Waals surface area (Å²) in [5.74, 6) is 2.12. The monoisotopic (exact) mass is 373 g/mol. The first-order valence-corrected chi connectivity index (χ1v) is 9.50. The Bertz CT molecular complexity index is 804. The third-order valence-corrected chi connectivity index (χ3v) is 4.73. The van der Waals surface area contributed by atoms with Gasteiger partial charge in [-0.05, 0) is 46.0 Å². The van der Waals surface area contributed by atoms with Crippen LogP contribution in [0.15, 0.2) is 35.7 Å². The number of unbranched alkanes of at least 4 members (excludes halogenated alkanes) is 1. The maximum absolute atomic E-state index is 5.87. The molecule has 0 unspecified atom stereocenters. The molecule has 0 fully saturated rings. The number of aromatic nitrogens is 4. The number of nitrogens with zero attached hydrogens (tertiary/aromatic N) is 4. The number of benzene rings is 1. The van der Waals surface area contributed by atoms with Crippen LogP contribution >= 0.6 is 11.3 Å². The first kappa shape index (κ1) is 18.2. The van der Waals surface area contributed by atoms with Gasteiger partial charge in [0.05, 0.1) is 7.11 Å². The molecule has 0 spiro atoms. The van der Waals surface area contributed by atoms with Gasteiger partial charge >= 0.3 is 0 Å². The predicted octanol–water partition coefficient (Wildman–Crippen LogP) is 3.73. The zero-order valence-electron chi connectivity index (χ0n) is 15.0. The van der Waals surface area contributed by atoms with Gasteiger partial charge in [0.15, 0.2) is 11.5 Å². The molecule has 7 nitrogen and oxygen atoms in total. The molecule has 0 amide bonds. The van der Waals surface area contributed by atoms with Crippen LogP contribution in [0.25, 0.3) is 0 Å². The van der Waals surface area contributed by atoms with E-state index in [0.29, 0.717) is 24.8 Å². The largest absolute Gasteiger partial charge is 0.493 e. The summed E-state index contributed by atoms with van der Waals surface area (Å²) in [6, 6.07) is 9.99. The van der Waals surface area contributed by atoms with Gasteiger partial charge in [0.25, 0.3) is 0 Å². The molecular weight excluding hydrogens is 350 g/mol. The van der Waals surface area contributed by atoms with Gasteiger partial charge in [-0.3, -0.25) is 0 Å². The van der Waals surface area contributed by atoms with Crippen LogP contribution in [0.2, 0.25) is 0 Å². The molecule has 0 saturated carbocycles. The van der Waals surface area contributed by atoms with Crippen molar-refractivity contribution >= 4 is 17.3 Å². The first-order chi connectivity index (χ1) is 12.8. The van der Waals surface area contributed by atoms with Crippen LogP contribution in [0.3, 0.4) is 0 Å². The van der Waals surface area contributed by atoms with E-state index in [1.165, 1.54) is 4.88 Å². The molecular formula is C18H23N5O2S. The highest BCUT2D eigenvalue weighted by molar-refractivity contribution is 7.09. The molecule has 1 N–H and O–H groups in total. The summed E-state index contributed by atoms with van der Waals surface area (Å²) in [6.07, 6.45) is 2.15. The first-order valence-electron chi connectivity index (χ1n) is 8.62. The number of ether oxygens (including phenoxy) is 2. The number of thiophene rings is 1. The summed E-state index contributed by atoms with van der Waals surface area (Å²) in [6.45, 7) is 4.10. The second-order valence-electron chi connectivity index (χ2n) is 5.79. The lowest BCUT2D eigenvalue weighted by Gasteiger charge is -2.12. The summed E-state index contributed by atoms with van der Waals surface area (Å²) in [5, 5.41) is 17.1. The lowest BCUT2D eigenvalue weighted by molar-refractivity contribution is 0.287. The molecule has 2 aromatic heterocycles. The van der Waals surface area contributed by atoms with Crippen LogP contribution in [-0.4, -0.2) is 27.3 Å². The van der Waals surface area contributed by atoms with Crippen molar-refractivity contribution in [3.8, 4) is 11.5 Å². The molecule has 26 heavy (non-hydrogen) atoms. The van der Waals surface area contributed by atoms with Gasteiger partial charge in [-0.15, -0.1) is 11.3 Å². The number of hydrogen-bond donors (Lipinski definition) is 1. The van der Waals surface area contributed by atoms with Crippen LogP contribution in [-0.2, 0) is 19.7 Å². The van der Waals surface area contributed by atoms with Crippen molar-refractivity contribution < 1.29 is 9.47 Å². The number of rotatable bonds is 10. The van der Waals surface area contributed by atoms with Crippen LogP contribution in [0.1, 0.15) is 30.2 Å². The zero-order valence-corrected chi connectivity index (χ0v) is 15.8. The minimum atomic E-state index is 0.540. The Hall–Kier alpha value is -2.61. The van der Waals surface area contributed by atoms with E-state index in [2.05, 4.69) is 33.8 Å². The number of methoxy groups -OCH3 is 1. The van der Waals surface area contributed by atoms with Crippen LogP contribution in [0, 0.1) is 0 Å². The van der Waals surface area contributed by atoms with Crippen molar-refractivity contribution in [1.82, 2.24) is 20.2 Å². The number of tetrazole rings is 1. The van der Waals surface area contributed by atoms with Crippen molar-refractivity contribution in [1.29, 1.82) is 0 Å². The van der Waals surface area contributed by atoms with E-state index in [-0.39, 0.29) is 0 Å². The summed E-state index contributed by atoms with van der Waals surface area (Å²) in [7, 11) is 1.65. The molecule has 3 rings (SSSR count). The molecule has 3 aromatic rings. The molecule has 1 aromatic carbocycles. The minimum absolute atomic E-state index is 0.540. The van der Waals surface area contributed by atoms with Gasteiger partial charge in [0.1, 0.15) is 6.61 Å². The smallest absolute Gasteiger partial charge is 0.243 e. The van der Waals surface area contributed by atoms with Gasteiger partial charge in [0.2, 0.25) is 5.95 Å². The van der Waals surface area contributed by atoms with Crippen molar-refractivity contribution in [2.24, 2.45) is 0 Å². The standard InChI is InChI=1S/C18H23N5O2S/c1-3-4-9-23-18(20-21-22-23)19-12-14-7-8-16(17(11-14)24-2)25-13-15-6-5-10-26-15/h5-8,10-11H,3-4,9,12-13H2,1-2H3,(H,19,20,22). The van der Waals surface area contributed by atoms with E-state index in [1.807, 2.05) is 29.6 Å². The Balaban J connectivity index is 1.61. The number of hydrogen-bond acceptors (Lipinski definition) is 7. The molecule has 8 heteroatoms. The SMILES string of the molecule is CCCCn1nnnc1NCc1ccc(OCc2cccs2)c(OC)c1. The molecule has 0 aliphatic carbocycles. The molecule has 0 aliphatic rings. The van der Waals surface area contributed by atoms with Crippen molar-refractivity contribution in [2.75, 3.05) is 12.4 Å². The molecule has 0 radical (unpaired) electrons. The highest BCUT2D eigenvalue weighted by Crippen LogP contribution is 2.29. The molecule has 2 heterocycles. The summed E-state index contributed by atoms with van der Waals surface area (Å²) < 4.78 is 13.1. The number of aryl methyl sites for hydroxylation is 1. The number of nitrogens with one attached hydrogen (secondary N) is 1. The van der Waals surface area contributed by atoms with Gasteiger partial charge in [-0.25, -0.2) is 4.68 Å². The molecule has 0 aliphatic heterocycles. The fraction of sp³-hybridized carbons (Fsp3) is 0.389. The van der Waals surface area contributed by atoms with E-state index in [4.69, 9.17) is 9.47 Å². The average molecular weight is 373 g/mol. The Morgan fingerprint density at radius 1 is 1.23 bits per heavy atom. The molecule has 138 valence electrons. The second kappa shape index (κ2) is 9.19. The van der Waals surface area contributed by atoms with Gasteiger partial charge in [-0.2, -0.15) is 0 Å². The average Bonchev–Trinajstić information content (AvgIpc) is 3.35. The Morgan fingerprint density at radius 3 is 2.92 bits per heavy atom. The van der Waals surface area contributed by atoms with Crippen LogP contribution in [0.5, 0.6) is 11.5 Å². The van der Waals surface area contributed by atoms with Crippen molar-refractivity contribution in [3.05, 3.63) is 46.2 Å². The fourth-order valence-electron chi connectivity index (χ4n) is 2.46. The number of anilines is 1. The third kappa shape index (κ3) is 4.72. The lowest BCUT2D eigenvalue weighted by Crippen LogP contribution is -2.09. The highest BCUT2D eigenvalue weighted by atomic mass is 32.1. The maximum Gasteiger partial charge on any atom is 0.243 e. The quantitative estimate of drug-likeness (QED) is 0.584. The minimum Gasteiger partial charge on any atom is -0.493 e. The van der Waals surface area contributed by atoms with E-state index < -0.39 is 0 Å². The lowest BCUT2D eigenvalue weighted by atomic mass is 10.2. The maximum atomic E-state index is 5.87. The summed E-state index contributed by atoms with van der Waals surface area (Å²) >= 11 is 1.68. The zero-order chi connectivity index (χ0) is 18.2. The van der Waals surface area contributed by atoms with Crippen LogP contribution < -0.4 is 14.8 Å². The van der Waals surface area contributed by atoms with E-state index in [9.17, 15) is 0 Å². The summed E-state index contributed by atoms with van der Waals surface area (Å²) in [4.78, 5) is 1.18. The predicted molar refractivity (Wildman–Crippen MR) is 102 cm³/mol. The Kier molecular flexibility index (Phi) is 6.43. The second-order valence-corrected chi connectivity index (χ2v) is 6.82. The van der Waals surface area contributed by atoms with E-state index in [0.717, 1.165) is 30.7 Å². The third-order valence-electron chi connectivity index (χ3n) is 3.88. The summed E-state index contributed by atoms with van der Waals surface area (Å²) in [5.41, 5.74) is 1.07. The Morgan fingerprint density at radius 2 is 2.15 bits per heavy atom.